The van der Waals surface area contributed by atoms with E-state index in [4.69, 9.17) is 9.47 Å². The Balaban J connectivity index is 1.28. The smallest absolute Gasteiger partial charge is 0.330 e. The first-order chi connectivity index (χ1) is 21.3. The van der Waals surface area contributed by atoms with Gasteiger partial charge in [-0.25, -0.2) is 13.6 Å². The number of ether oxygens (including phenoxy) is 2. The fourth-order valence-electron chi connectivity index (χ4n) is 6.24. The van der Waals surface area contributed by atoms with Crippen molar-refractivity contribution in [3.05, 3.63) is 99.0 Å². The predicted octanol–water partition coefficient (Wildman–Crippen LogP) is 2.16. The molecule has 6 rings (SSSR count). The first kappa shape index (κ1) is 29.5. The third-order valence-electron chi connectivity index (χ3n) is 8.40. The fourth-order valence-corrected chi connectivity index (χ4v) is 6.24. The summed E-state index contributed by atoms with van der Waals surface area (Å²) in [6, 6.07) is 11.2. The Morgan fingerprint density at radius 3 is 2.64 bits per heavy atom. The van der Waals surface area contributed by atoms with E-state index in [0.29, 0.717) is 18.2 Å². The van der Waals surface area contributed by atoms with Gasteiger partial charge in [-0.3, -0.25) is 19.3 Å². The molecule has 0 aliphatic carbocycles. The second-order valence-electron chi connectivity index (χ2n) is 11.0. The lowest BCUT2D eigenvalue weighted by molar-refractivity contribution is -0.152. The predicted molar refractivity (Wildman–Crippen MR) is 153 cm³/mol. The summed E-state index contributed by atoms with van der Waals surface area (Å²) < 4.78 is 40.0. The second kappa shape index (κ2) is 12.2. The van der Waals surface area contributed by atoms with Gasteiger partial charge in [0.05, 0.1) is 6.54 Å². The van der Waals surface area contributed by atoms with E-state index < -0.39 is 53.4 Å². The third-order valence-corrected chi connectivity index (χ3v) is 8.40. The lowest BCUT2D eigenvalue weighted by Gasteiger charge is -2.36. The van der Waals surface area contributed by atoms with Crippen LogP contribution in [0.4, 0.5) is 8.78 Å². The molecule has 2 N–H and O–H groups in total. The molecule has 3 aliphatic heterocycles. The molecule has 3 unspecified atom stereocenters. The van der Waals surface area contributed by atoms with Gasteiger partial charge in [-0.15, -0.1) is 0 Å². The Hall–Kier alpha value is -4.62. The van der Waals surface area contributed by atoms with Gasteiger partial charge in [-0.2, -0.15) is 0 Å². The summed E-state index contributed by atoms with van der Waals surface area (Å²) in [6.07, 6.45) is 3.03. The van der Waals surface area contributed by atoms with Gasteiger partial charge < -0.3 is 29.6 Å². The van der Waals surface area contributed by atoms with Gasteiger partial charge in [-0.1, -0.05) is 36.4 Å². The van der Waals surface area contributed by atoms with Crippen LogP contribution >= 0.6 is 0 Å². The highest BCUT2D eigenvalue weighted by Gasteiger charge is 2.48. The fraction of sp³-hybridized carbons (Fsp3) is 0.355. The molecule has 0 radical (unpaired) electrons. The topological polar surface area (TPSA) is 122 Å². The maximum atomic E-state index is 14.2. The minimum absolute atomic E-state index is 0.0237. The SMILES string of the molecule is CNC(C(=O)OCOc1c2n(cc(C(=O)NCc3ccc(F)cc3F)c1=O)CC1N(CC3CCCN31)C2=O)c1ccccc1. The van der Waals surface area contributed by atoms with E-state index in [9.17, 15) is 28.0 Å². The van der Waals surface area contributed by atoms with Crippen molar-refractivity contribution in [2.75, 3.05) is 26.9 Å². The van der Waals surface area contributed by atoms with E-state index in [1.807, 2.05) is 6.07 Å². The molecule has 1 aromatic heterocycles. The number of amides is 2. The van der Waals surface area contributed by atoms with Crippen molar-refractivity contribution < 1.29 is 32.6 Å². The summed E-state index contributed by atoms with van der Waals surface area (Å²) in [7, 11) is 1.60. The number of hydrogen-bond donors (Lipinski definition) is 2. The number of aromatic nitrogens is 1. The summed E-state index contributed by atoms with van der Waals surface area (Å²) in [6.45, 7) is 0.632. The minimum atomic E-state index is -0.885. The van der Waals surface area contributed by atoms with Crippen LogP contribution in [0.2, 0.25) is 0 Å². The molecule has 3 aliphatic rings. The third kappa shape index (κ3) is 5.44. The van der Waals surface area contributed by atoms with Crippen LogP contribution in [0.5, 0.6) is 5.75 Å². The van der Waals surface area contributed by atoms with Gasteiger partial charge >= 0.3 is 5.97 Å². The summed E-state index contributed by atoms with van der Waals surface area (Å²) in [5.41, 5.74) is -0.589. The second-order valence-corrected chi connectivity index (χ2v) is 11.0. The molecular formula is C31H31F2N5O6. The van der Waals surface area contributed by atoms with E-state index in [-0.39, 0.29) is 42.1 Å². The Labute approximate surface area is 251 Å². The molecule has 2 amide bonds. The molecule has 2 saturated heterocycles. The number of carbonyl (C=O) groups excluding carboxylic acids is 3. The largest absolute Gasteiger partial charge is 0.451 e. The monoisotopic (exact) mass is 607 g/mol. The quantitative estimate of drug-likeness (QED) is 0.281. The highest BCUT2D eigenvalue weighted by molar-refractivity contribution is 5.99. The van der Waals surface area contributed by atoms with E-state index in [1.54, 1.807) is 36.2 Å². The number of pyridine rings is 1. The Kier molecular flexibility index (Phi) is 8.15. The van der Waals surface area contributed by atoms with E-state index >= 15 is 0 Å². The molecule has 0 saturated carbocycles. The van der Waals surface area contributed by atoms with Crippen LogP contribution < -0.4 is 20.8 Å². The number of halogens is 2. The lowest BCUT2D eigenvalue weighted by atomic mass is 10.1. The molecule has 0 spiro atoms. The van der Waals surface area contributed by atoms with Crippen LogP contribution in [-0.2, 0) is 22.6 Å². The average molecular weight is 608 g/mol. The number of rotatable bonds is 9. The first-order valence-corrected chi connectivity index (χ1v) is 14.3. The number of nitrogens with one attached hydrogen (secondary N) is 2. The lowest BCUT2D eigenvalue weighted by Crippen LogP contribution is -2.50. The molecular weight excluding hydrogens is 576 g/mol. The van der Waals surface area contributed by atoms with Crippen molar-refractivity contribution in [3.8, 4) is 5.75 Å². The Morgan fingerprint density at radius 1 is 1.09 bits per heavy atom. The molecule has 3 atom stereocenters. The number of fused-ring (bicyclic) bond motifs is 4. The van der Waals surface area contributed by atoms with Crippen molar-refractivity contribution in [1.82, 2.24) is 25.0 Å². The molecule has 2 fully saturated rings. The highest BCUT2D eigenvalue weighted by atomic mass is 19.1. The van der Waals surface area contributed by atoms with Crippen LogP contribution in [0.3, 0.4) is 0 Å². The Morgan fingerprint density at radius 2 is 1.89 bits per heavy atom. The summed E-state index contributed by atoms with van der Waals surface area (Å²) in [5.74, 6) is -3.96. The van der Waals surface area contributed by atoms with Crippen LogP contribution in [0.15, 0.2) is 59.5 Å². The van der Waals surface area contributed by atoms with Crippen molar-refractivity contribution in [2.24, 2.45) is 0 Å². The molecule has 3 aromatic rings. The molecule has 44 heavy (non-hydrogen) atoms. The first-order valence-electron chi connectivity index (χ1n) is 14.3. The molecule has 230 valence electrons. The number of nitrogens with zero attached hydrogens (tertiary/aromatic N) is 3. The zero-order chi connectivity index (χ0) is 31.0. The average Bonchev–Trinajstić information content (AvgIpc) is 3.61. The van der Waals surface area contributed by atoms with Crippen LogP contribution in [-0.4, -0.2) is 71.3 Å². The zero-order valence-electron chi connectivity index (χ0n) is 23.9. The van der Waals surface area contributed by atoms with Gasteiger partial charge in [0.2, 0.25) is 18.0 Å². The number of hydrogen-bond acceptors (Lipinski definition) is 8. The number of esters is 1. The van der Waals surface area contributed by atoms with Crippen LogP contribution in [0, 0.1) is 11.6 Å². The zero-order valence-corrected chi connectivity index (χ0v) is 23.9. The van der Waals surface area contributed by atoms with Gasteiger partial charge in [0, 0.05) is 43.5 Å². The van der Waals surface area contributed by atoms with Crippen molar-refractivity contribution in [2.45, 2.75) is 44.2 Å². The molecule has 2 aromatic carbocycles. The van der Waals surface area contributed by atoms with Gasteiger partial charge in [-0.05, 0) is 31.5 Å². The maximum Gasteiger partial charge on any atom is 0.330 e. The molecule has 13 heteroatoms. The van der Waals surface area contributed by atoms with E-state index in [1.165, 1.54) is 16.8 Å². The van der Waals surface area contributed by atoms with Crippen molar-refractivity contribution in [1.29, 1.82) is 0 Å². The van der Waals surface area contributed by atoms with Crippen molar-refractivity contribution in [3.63, 3.8) is 0 Å². The van der Waals surface area contributed by atoms with Gasteiger partial charge in [0.1, 0.15) is 29.4 Å². The maximum absolute atomic E-state index is 14.2. The Bertz CT molecular complexity index is 1670. The molecule has 11 nitrogen and oxygen atoms in total. The summed E-state index contributed by atoms with van der Waals surface area (Å²) in [4.78, 5) is 57.5. The molecule has 4 heterocycles. The van der Waals surface area contributed by atoms with E-state index in [2.05, 4.69) is 15.5 Å². The summed E-state index contributed by atoms with van der Waals surface area (Å²) >= 11 is 0. The van der Waals surface area contributed by atoms with Gasteiger partial charge in [0.25, 0.3) is 11.8 Å². The normalized spacial score (nSPS) is 19.6. The number of likely N-dealkylation sites (N-methyl/N-ethyl adjacent to an activating group) is 1. The van der Waals surface area contributed by atoms with Gasteiger partial charge in [0.15, 0.2) is 5.69 Å². The van der Waals surface area contributed by atoms with Crippen LogP contribution in [0.25, 0.3) is 0 Å². The standard InChI is InChI=1S/C31H31F2N5O6/c1-34-25(18-6-3-2-4-7-18)31(42)44-17-43-28-26-30(41)38-14-21-8-5-11-37(21)24(38)16-36(26)15-22(27(28)39)29(40)35-13-19-9-10-20(32)12-23(19)33/h2-4,6-7,9-10,12,15,21,24-25,34H,5,8,11,13-14,16-17H2,1H3,(H,35,40). The minimum Gasteiger partial charge on any atom is -0.451 e. The van der Waals surface area contributed by atoms with Crippen molar-refractivity contribution >= 4 is 17.8 Å². The van der Waals surface area contributed by atoms with Crippen LogP contribution in [0.1, 0.15) is 50.9 Å². The molecule has 0 bridgehead atoms. The number of carbonyl (C=O) groups is 3. The highest BCUT2D eigenvalue weighted by Crippen LogP contribution is 2.35. The van der Waals surface area contributed by atoms with E-state index in [0.717, 1.165) is 25.5 Å². The summed E-state index contributed by atoms with van der Waals surface area (Å²) in [5, 5.41) is 5.37. The number of benzene rings is 2.